The zero-order chi connectivity index (χ0) is 13.0. The highest BCUT2D eigenvalue weighted by Gasteiger charge is 2.16. The molecule has 4 nitrogen and oxygen atoms in total. The number of benzene rings is 1. The van der Waals surface area contributed by atoms with E-state index in [4.69, 9.17) is 0 Å². The first kappa shape index (κ1) is 13.6. The van der Waals surface area contributed by atoms with Crippen LogP contribution in [0.2, 0.25) is 0 Å². The zero-order valence-electron chi connectivity index (χ0n) is 10.2. The van der Waals surface area contributed by atoms with Crippen LogP contribution in [0.25, 0.3) is 0 Å². The maximum atomic E-state index is 13.4. The molecule has 1 aromatic carbocycles. The van der Waals surface area contributed by atoms with Crippen LogP contribution in [0.4, 0.5) is 10.1 Å². The van der Waals surface area contributed by atoms with Gasteiger partial charge in [0.1, 0.15) is 0 Å². The predicted octanol–water partition coefficient (Wildman–Crippen LogP) is 2.52. The van der Waals surface area contributed by atoms with Crippen molar-refractivity contribution in [1.29, 1.82) is 0 Å². The highest BCUT2D eigenvalue weighted by molar-refractivity contribution is 5.35. The number of nitro benzene ring substituents is 1. The molecule has 0 aliphatic carbocycles. The van der Waals surface area contributed by atoms with Gasteiger partial charge in [-0.05, 0) is 37.9 Å². The first-order valence-corrected chi connectivity index (χ1v) is 5.55. The normalized spacial score (nSPS) is 14.4. The van der Waals surface area contributed by atoms with Crippen LogP contribution in [0.3, 0.4) is 0 Å². The molecule has 1 aromatic rings. The minimum absolute atomic E-state index is 0.313. The van der Waals surface area contributed by atoms with Gasteiger partial charge in [0, 0.05) is 12.1 Å². The molecular weight excluding hydrogens is 223 g/mol. The predicted molar refractivity (Wildman–Crippen MR) is 64.4 cm³/mol. The third-order valence-corrected chi connectivity index (χ3v) is 3.08. The van der Waals surface area contributed by atoms with Crippen LogP contribution in [-0.2, 0) is 6.42 Å². The minimum atomic E-state index is -0.767. The molecule has 0 spiro atoms. The Hall–Kier alpha value is -1.49. The summed E-state index contributed by atoms with van der Waals surface area (Å²) in [4.78, 5) is 9.76. The Balaban J connectivity index is 2.81. The van der Waals surface area contributed by atoms with Crippen molar-refractivity contribution in [2.45, 2.75) is 26.3 Å². The summed E-state index contributed by atoms with van der Waals surface area (Å²) in [5.41, 5.74) is 0.311. The number of hydrogen-bond acceptors (Lipinski definition) is 3. The monoisotopic (exact) mass is 240 g/mol. The second kappa shape index (κ2) is 5.72. The lowest BCUT2D eigenvalue weighted by molar-refractivity contribution is -0.387. The minimum Gasteiger partial charge on any atom is -0.317 e. The van der Waals surface area contributed by atoms with E-state index in [1.165, 1.54) is 12.1 Å². The molecule has 94 valence electrons. The molecule has 1 rings (SSSR count). The average Bonchev–Trinajstić information content (AvgIpc) is 2.27. The van der Waals surface area contributed by atoms with Gasteiger partial charge in [-0.25, -0.2) is 0 Å². The standard InChI is InChI=1S/C12H17FN2O2/c1-8(9(2)14-3)6-10-4-5-12(15(16)17)11(13)7-10/h4-5,7-9,14H,6H2,1-3H3. The molecule has 0 heterocycles. The molecule has 0 saturated heterocycles. The van der Waals surface area contributed by atoms with E-state index in [9.17, 15) is 14.5 Å². The van der Waals surface area contributed by atoms with Gasteiger partial charge < -0.3 is 5.32 Å². The lowest BCUT2D eigenvalue weighted by atomic mass is 9.95. The van der Waals surface area contributed by atoms with Crippen LogP contribution in [0.15, 0.2) is 18.2 Å². The van der Waals surface area contributed by atoms with Crippen LogP contribution in [0.1, 0.15) is 19.4 Å². The molecule has 2 atom stereocenters. The lowest BCUT2D eigenvalue weighted by Gasteiger charge is -2.19. The molecule has 0 bridgehead atoms. The van der Waals surface area contributed by atoms with Crippen LogP contribution in [0.5, 0.6) is 0 Å². The van der Waals surface area contributed by atoms with E-state index in [0.717, 1.165) is 5.56 Å². The van der Waals surface area contributed by atoms with Crippen molar-refractivity contribution in [2.75, 3.05) is 7.05 Å². The summed E-state index contributed by atoms with van der Waals surface area (Å²) in [5, 5.41) is 13.6. The van der Waals surface area contributed by atoms with Crippen molar-refractivity contribution in [2.24, 2.45) is 5.92 Å². The molecule has 0 saturated carbocycles. The Bertz CT molecular complexity index is 409. The smallest absolute Gasteiger partial charge is 0.304 e. The molecule has 0 aliphatic heterocycles. The third-order valence-electron chi connectivity index (χ3n) is 3.08. The maximum absolute atomic E-state index is 13.4. The maximum Gasteiger partial charge on any atom is 0.304 e. The first-order valence-electron chi connectivity index (χ1n) is 5.55. The quantitative estimate of drug-likeness (QED) is 0.635. The van der Waals surface area contributed by atoms with E-state index >= 15 is 0 Å². The molecular formula is C12H17FN2O2. The number of nitrogens with one attached hydrogen (secondary N) is 1. The number of nitrogens with zero attached hydrogens (tertiary/aromatic N) is 1. The lowest BCUT2D eigenvalue weighted by Crippen LogP contribution is -2.29. The van der Waals surface area contributed by atoms with Gasteiger partial charge in [0.05, 0.1) is 4.92 Å². The average molecular weight is 240 g/mol. The summed E-state index contributed by atoms with van der Waals surface area (Å²) in [6.45, 7) is 4.10. The zero-order valence-corrected chi connectivity index (χ0v) is 10.2. The van der Waals surface area contributed by atoms with Crippen LogP contribution < -0.4 is 5.32 Å². The van der Waals surface area contributed by atoms with Gasteiger partial charge in [0.15, 0.2) is 0 Å². The van der Waals surface area contributed by atoms with Crippen molar-refractivity contribution in [1.82, 2.24) is 5.32 Å². The van der Waals surface area contributed by atoms with Gasteiger partial charge in [-0.15, -0.1) is 0 Å². The van der Waals surface area contributed by atoms with Crippen LogP contribution >= 0.6 is 0 Å². The van der Waals surface area contributed by atoms with Crippen molar-refractivity contribution < 1.29 is 9.31 Å². The number of rotatable bonds is 5. The molecule has 0 amide bonds. The van der Waals surface area contributed by atoms with Crippen molar-refractivity contribution in [3.63, 3.8) is 0 Å². The van der Waals surface area contributed by atoms with E-state index in [1.54, 1.807) is 6.07 Å². The molecule has 0 aromatic heterocycles. The van der Waals surface area contributed by atoms with Gasteiger partial charge in [-0.2, -0.15) is 4.39 Å². The molecule has 0 aliphatic rings. The summed E-state index contributed by atoms with van der Waals surface area (Å²) < 4.78 is 13.4. The summed E-state index contributed by atoms with van der Waals surface area (Å²) in [7, 11) is 1.87. The SMILES string of the molecule is CNC(C)C(C)Cc1ccc([N+](=O)[O-])c(F)c1. The van der Waals surface area contributed by atoms with E-state index in [1.807, 2.05) is 14.0 Å². The molecule has 0 fully saturated rings. The Kier molecular flexibility index (Phi) is 4.57. The van der Waals surface area contributed by atoms with E-state index in [0.29, 0.717) is 18.4 Å². The molecule has 5 heteroatoms. The summed E-state index contributed by atoms with van der Waals surface area (Å²) in [5.74, 6) is -0.433. The summed E-state index contributed by atoms with van der Waals surface area (Å²) in [6, 6.07) is 4.40. The summed E-state index contributed by atoms with van der Waals surface area (Å²) >= 11 is 0. The summed E-state index contributed by atoms with van der Waals surface area (Å²) in [6.07, 6.45) is 0.691. The largest absolute Gasteiger partial charge is 0.317 e. The Labute approximate surface area is 100.0 Å². The van der Waals surface area contributed by atoms with Crippen molar-refractivity contribution in [3.8, 4) is 0 Å². The molecule has 1 N–H and O–H groups in total. The van der Waals surface area contributed by atoms with Gasteiger partial charge in [0.2, 0.25) is 5.82 Å². The fourth-order valence-corrected chi connectivity index (χ4v) is 1.66. The van der Waals surface area contributed by atoms with E-state index in [2.05, 4.69) is 12.2 Å². The number of hydrogen-bond donors (Lipinski definition) is 1. The molecule has 0 radical (unpaired) electrons. The van der Waals surface area contributed by atoms with Crippen molar-refractivity contribution >= 4 is 5.69 Å². The first-order chi connectivity index (χ1) is 7.95. The van der Waals surface area contributed by atoms with Gasteiger partial charge in [-0.3, -0.25) is 10.1 Å². The van der Waals surface area contributed by atoms with Gasteiger partial charge in [-0.1, -0.05) is 13.0 Å². The second-order valence-corrected chi connectivity index (χ2v) is 4.30. The van der Waals surface area contributed by atoms with Gasteiger partial charge in [0.25, 0.3) is 0 Å². The molecule has 17 heavy (non-hydrogen) atoms. The van der Waals surface area contributed by atoms with Crippen molar-refractivity contribution in [3.05, 3.63) is 39.7 Å². The number of nitro groups is 1. The van der Waals surface area contributed by atoms with Crippen LogP contribution in [0, 0.1) is 21.8 Å². The number of halogens is 1. The fraction of sp³-hybridized carbons (Fsp3) is 0.500. The Morgan fingerprint density at radius 1 is 1.47 bits per heavy atom. The van der Waals surface area contributed by atoms with E-state index < -0.39 is 16.4 Å². The molecule has 2 unspecified atom stereocenters. The highest BCUT2D eigenvalue weighted by Crippen LogP contribution is 2.20. The third kappa shape index (κ3) is 3.49. The van der Waals surface area contributed by atoms with Crippen LogP contribution in [-0.4, -0.2) is 18.0 Å². The highest BCUT2D eigenvalue weighted by atomic mass is 19.1. The second-order valence-electron chi connectivity index (χ2n) is 4.30. The van der Waals surface area contributed by atoms with E-state index in [-0.39, 0.29) is 0 Å². The van der Waals surface area contributed by atoms with Gasteiger partial charge >= 0.3 is 5.69 Å². The Morgan fingerprint density at radius 2 is 2.12 bits per heavy atom. The fourth-order valence-electron chi connectivity index (χ4n) is 1.66. The topological polar surface area (TPSA) is 55.2 Å². The Morgan fingerprint density at radius 3 is 2.59 bits per heavy atom.